The van der Waals surface area contributed by atoms with Gasteiger partial charge in [0.15, 0.2) is 5.96 Å². The number of nitrogens with two attached hydrogens (primary N) is 1. The number of rotatable bonds is 16. The fourth-order valence-corrected chi connectivity index (χ4v) is 2.79. The van der Waals surface area contributed by atoms with Crippen molar-refractivity contribution in [1.29, 1.82) is 0 Å². The molecule has 0 radical (unpaired) electrons. The zero-order valence-electron chi connectivity index (χ0n) is 15.3. The van der Waals surface area contributed by atoms with Gasteiger partial charge in [-0.1, -0.05) is 96.8 Å². The van der Waals surface area contributed by atoms with Gasteiger partial charge in [-0.25, -0.2) is 0 Å². The summed E-state index contributed by atoms with van der Waals surface area (Å²) in [6, 6.07) is 0. The van der Waals surface area contributed by atoms with Gasteiger partial charge in [-0.05, 0) is 6.42 Å². The molecule has 0 spiro atoms. The van der Waals surface area contributed by atoms with Crippen molar-refractivity contribution in [3.63, 3.8) is 0 Å². The van der Waals surface area contributed by atoms with E-state index in [-0.39, 0.29) is 0 Å². The van der Waals surface area contributed by atoms with E-state index in [4.69, 9.17) is 5.73 Å². The van der Waals surface area contributed by atoms with Crippen LogP contribution >= 0.6 is 0 Å². The van der Waals surface area contributed by atoms with Gasteiger partial charge in [-0.2, -0.15) is 0 Å². The number of nitrogens with one attached hydrogen (secondary N) is 1. The molecule has 0 aromatic heterocycles. The molecule has 0 bridgehead atoms. The lowest BCUT2D eigenvalue weighted by atomic mass is 10.0. The molecule has 132 valence electrons. The molecular formula is C19H41N3. The first-order valence-corrected chi connectivity index (χ1v) is 9.77. The fourth-order valence-electron chi connectivity index (χ4n) is 2.79. The maximum atomic E-state index is 5.57. The third-order valence-corrected chi connectivity index (χ3v) is 4.33. The van der Waals surface area contributed by atoms with E-state index >= 15 is 0 Å². The van der Waals surface area contributed by atoms with Crippen LogP contribution in [0.15, 0.2) is 4.99 Å². The molecule has 0 aromatic rings. The summed E-state index contributed by atoms with van der Waals surface area (Å²) in [5, 5.41) is 3.11. The lowest BCUT2D eigenvalue weighted by Crippen LogP contribution is -2.31. The summed E-state index contributed by atoms with van der Waals surface area (Å²) in [5.74, 6) is 0.561. The Morgan fingerprint density at radius 3 is 1.41 bits per heavy atom. The van der Waals surface area contributed by atoms with Crippen molar-refractivity contribution in [3.05, 3.63) is 0 Å². The van der Waals surface area contributed by atoms with Crippen molar-refractivity contribution < 1.29 is 0 Å². The largest absolute Gasteiger partial charge is 0.370 e. The normalized spacial score (nSPS) is 11.8. The zero-order chi connectivity index (χ0) is 16.3. The van der Waals surface area contributed by atoms with Crippen LogP contribution in [-0.2, 0) is 0 Å². The van der Waals surface area contributed by atoms with Gasteiger partial charge < -0.3 is 11.1 Å². The number of unbranched alkanes of at least 4 members (excludes halogenated alkanes) is 14. The minimum Gasteiger partial charge on any atom is -0.370 e. The molecule has 0 heterocycles. The fraction of sp³-hybridized carbons (Fsp3) is 0.947. The maximum Gasteiger partial charge on any atom is 0.188 e. The Balaban J connectivity index is 3.00. The van der Waals surface area contributed by atoms with Crippen LogP contribution in [0.2, 0.25) is 0 Å². The molecule has 0 saturated carbocycles. The van der Waals surface area contributed by atoms with Crippen LogP contribution < -0.4 is 11.1 Å². The number of nitrogens with zero attached hydrogens (tertiary/aromatic N) is 1. The van der Waals surface area contributed by atoms with E-state index in [1.165, 1.54) is 96.3 Å². The zero-order valence-corrected chi connectivity index (χ0v) is 15.3. The summed E-state index contributed by atoms with van der Waals surface area (Å²) in [4.78, 5) is 3.88. The molecule has 0 saturated heterocycles. The van der Waals surface area contributed by atoms with Gasteiger partial charge in [-0.15, -0.1) is 0 Å². The first-order chi connectivity index (χ1) is 10.8. The number of guanidine groups is 1. The predicted molar refractivity (Wildman–Crippen MR) is 100 cm³/mol. The Bertz CT molecular complexity index is 239. The second-order valence-electron chi connectivity index (χ2n) is 6.49. The Morgan fingerprint density at radius 2 is 1.05 bits per heavy atom. The van der Waals surface area contributed by atoms with Crippen LogP contribution in [0.5, 0.6) is 0 Å². The molecule has 3 N–H and O–H groups in total. The summed E-state index contributed by atoms with van der Waals surface area (Å²) in [6.45, 7) is 3.25. The average molecular weight is 312 g/mol. The Morgan fingerprint density at radius 1 is 0.682 bits per heavy atom. The van der Waals surface area contributed by atoms with Crippen molar-refractivity contribution in [3.8, 4) is 0 Å². The highest BCUT2D eigenvalue weighted by molar-refractivity contribution is 5.77. The summed E-state index contributed by atoms with van der Waals surface area (Å²) in [6.07, 6.45) is 21.1. The molecule has 3 heteroatoms. The number of hydrogen-bond donors (Lipinski definition) is 2. The predicted octanol–water partition coefficient (Wildman–Crippen LogP) is 5.39. The van der Waals surface area contributed by atoms with Crippen molar-refractivity contribution in [2.24, 2.45) is 10.7 Å². The number of hydrogen-bond acceptors (Lipinski definition) is 1. The molecule has 0 aliphatic heterocycles. The SMILES string of the molecule is CCCCCCCCCCCCCCCCCNC(N)=NC. The van der Waals surface area contributed by atoms with Crippen LogP contribution in [-0.4, -0.2) is 19.6 Å². The van der Waals surface area contributed by atoms with Crippen LogP contribution in [0.1, 0.15) is 103 Å². The van der Waals surface area contributed by atoms with Crippen molar-refractivity contribution >= 4 is 5.96 Å². The van der Waals surface area contributed by atoms with E-state index in [1.807, 2.05) is 0 Å². The topological polar surface area (TPSA) is 50.4 Å². The minimum absolute atomic E-state index is 0.561. The second-order valence-corrected chi connectivity index (χ2v) is 6.49. The highest BCUT2D eigenvalue weighted by Crippen LogP contribution is 2.13. The molecule has 0 amide bonds. The Labute approximate surface area is 139 Å². The lowest BCUT2D eigenvalue weighted by Gasteiger charge is -2.05. The first-order valence-electron chi connectivity index (χ1n) is 9.77. The van der Waals surface area contributed by atoms with E-state index in [9.17, 15) is 0 Å². The molecule has 0 aromatic carbocycles. The first kappa shape index (κ1) is 21.3. The second kappa shape index (κ2) is 18.3. The summed E-state index contributed by atoms with van der Waals surface area (Å²) in [5.41, 5.74) is 5.57. The van der Waals surface area contributed by atoms with Gasteiger partial charge in [0.2, 0.25) is 0 Å². The van der Waals surface area contributed by atoms with Crippen LogP contribution in [0, 0.1) is 0 Å². The average Bonchev–Trinajstić information content (AvgIpc) is 2.54. The van der Waals surface area contributed by atoms with E-state index in [0.717, 1.165) is 6.54 Å². The number of aliphatic imine (C=N–C) groups is 1. The van der Waals surface area contributed by atoms with E-state index in [1.54, 1.807) is 7.05 Å². The standard InChI is InChI=1S/C19H41N3/c1-3-4-5-6-7-8-9-10-11-12-13-14-15-16-17-18-22-19(20)21-2/h3-18H2,1-2H3,(H3,20,21,22). The highest BCUT2D eigenvalue weighted by Gasteiger charge is 1.94. The Hall–Kier alpha value is -0.730. The smallest absolute Gasteiger partial charge is 0.188 e. The van der Waals surface area contributed by atoms with Crippen LogP contribution in [0.4, 0.5) is 0 Å². The molecule has 0 aliphatic rings. The van der Waals surface area contributed by atoms with E-state index in [0.29, 0.717) is 5.96 Å². The van der Waals surface area contributed by atoms with Gasteiger partial charge in [0.25, 0.3) is 0 Å². The van der Waals surface area contributed by atoms with Crippen LogP contribution in [0.25, 0.3) is 0 Å². The van der Waals surface area contributed by atoms with E-state index in [2.05, 4.69) is 17.2 Å². The molecule has 0 unspecified atom stereocenters. The Kier molecular flexibility index (Phi) is 17.7. The van der Waals surface area contributed by atoms with Gasteiger partial charge in [-0.3, -0.25) is 4.99 Å². The third-order valence-electron chi connectivity index (χ3n) is 4.33. The summed E-state index contributed by atoms with van der Waals surface area (Å²) < 4.78 is 0. The summed E-state index contributed by atoms with van der Waals surface area (Å²) >= 11 is 0. The minimum atomic E-state index is 0.561. The summed E-state index contributed by atoms with van der Waals surface area (Å²) in [7, 11) is 1.72. The third kappa shape index (κ3) is 17.3. The molecule has 0 fully saturated rings. The highest BCUT2D eigenvalue weighted by atomic mass is 15.1. The molecule has 0 atom stereocenters. The van der Waals surface area contributed by atoms with Gasteiger partial charge in [0, 0.05) is 13.6 Å². The van der Waals surface area contributed by atoms with Crippen molar-refractivity contribution in [2.75, 3.05) is 13.6 Å². The molecular weight excluding hydrogens is 270 g/mol. The maximum absolute atomic E-state index is 5.57. The molecule has 0 aliphatic carbocycles. The quantitative estimate of drug-likeness (QED) is 0.228. The monoisotopic (exact) mass is 311 g/mol. The van der Waals surface area contributed by atoms with E-state index < -0.39 is 0 Å². The molecule has 0 rings (SSSR count). The lowest BCUT2D eigenvalue weighted by molar-refractivity contribution is 0.531. The van der Waals surface area contributed by atoms with Gasteiger partial charge >= 0.3 is 0 Å². The van der Waals surface area contributed by atoms with Crippen LogP contribution in [0.3, 0.4) is 0 Å². The molecule has 22 heavy (non-hydrogen) atoms. The van der Waals surface area contributed by atoms with Crippen molar-refractivity contribution in [2.45, 2.75) is 103 Å². The molecule has 3 nitrogen and oxygen atoms in total. The van der Waals surface area contributed by atoms with Gasteiger partial charge in [0.05, 0.1) is 0 Å². The van der Waals surface area contributed by atoms with Crippen molar-refractivity contribution in [1.82, 2.24) is 5.32 Å². The van der Waals surface area contributed by atoms with Gasteiger partial charge in [0.1, 0.15) is 0 Å².